The van der Waals surface area contributed by atoms with Gasteiger partial charge in [-0.3, -0.25) is 9.78 Å². The summed E-state index contributed by atoms with van der Waals surface area (Å²) in [4.78, 5) is 18.5. The summed E-state index contributed by atoms with van der Waals surface area (Å²) in [5.41, 5.74) is 0.935. The Morgan fingerprint density at radius 2 is 2.07 bits per heavy atom. The fourth-order valence-electron chi connectivity index (χ4n) is 3.01. The molecule has 9 heteroatoms. The van der Waals surface area contributed by atoms with Gasteiger partial charge in [0.1, 0.15) is 5.82 Å². The highest BCUT2D eigenvalue weighted by Crippen LogP contribution is 2.22. The fourth-order valence-corrected chi connectivity index (χ4v) is 4.04. The van der Waals surface area contributed by atoms with E-state index >= 15 is 0 Å². The maximum Gasteiger partial charge on any atom is 0.240 e. The maximum atomic E-state index is 12.9. The molecule has 0 spiro atoms. The molecule has 2 N–H and O–H groups in total. The fraction of sp³-hybridized carbons (Fsp3) is 0.333. The molecule has 0 bridgehead atoms. The lowest BCUT2D eigenvalue weighted by molar-refractivity contribution is -0.134. The van der Waals surface area contributed by atoms with Crippen LogP contribution in [0.3, 0.4) is 0 Å². The number of sulfonamides is 1. The van der Waals surface area contributed by atoms with Crippen LogP contribution in [0.2, 0.25) is 0 Å². The van der Waals surface area contributed by atoms with Crippen LogP contribution in [0.4, 0.5) is 4.39 Å². The zero-order valence-electron chi connectivity index (χ0n) is 14.6. The lowest BCUT2D eigenvalue weighted by Gasteiger charge is -2.36. The summed E-state index contributed by atoms with van der Waals surface area (Å²) in [6, 6.07) is 8.15. The number of nitrogens with zero attached hydrogens (tertiary/aromatic N) is 2. The summed E-state index contributed by atoms with van der Waals surface area (Å²) in [6.07, 6.45) is 3.45. The summed E-state index contributed by atoms with van der Waals surface area (Å²) in [5.74, 6) is -0.642. The van der Waals surface area contributed by atoms with E-state index in [0.29, 0.717) is 19.6 Å². The van der Waals surface area contributed by atoms with E-state index in [1.165, 1.54) is 12.1 Å². The van der Waals surface area contributed by atoms with Gasteiger partial charge < -0.3 is 10.2 Å². The van der Waals surface area contributed by atoms with E-state index in [-0.39, 0.29) is 29.8 Å². The number of nitrogens with one attached hydrogen (secondary N) is 2. The molecule has 1 aliphatic heterocycles. The highest BCUT2D eigenvalue weighted by atomic mass is 32.2. The number of carbonyl (C=O) groups excluding carboxylic acids is 1. The predicted octanol–water partition coefficient (Wildman–Crippen LogP) is 1.06. The van der Waals surface area contributed by atoms with Crippen molar-refractivity contribution in [2.75, 3.05) is 26.2 Å². The Bertz CT molecular complexity index is 875. The molecule has 1 amide bonds. The molecule has 1 atom stereocenters. The smallest absolute Gasteiger partial charge is 0.240 e. The van der Waals surface area contributed by atoms with Crippen LogP contribution in [-0.4, -0.2) is 50.4 Å². The van der Waals surface area contributed by atoms with Crippen LogP contribution in [-0.2, 0) is 14.8 Å². The summed E-state index contributed by atoms with van der Waals surface area (Å²) in [6.45, 7) is 1.83. The Morgan fingerprint density at radius 1 is 1.30 bits per heavy atom. The molecule has 1 aromatic carbocycles. The summed E-state index contributed by atoms with van der Waals surface area (Å²) < 4.78 is 39.8. The standard InChI is InChI=1S/C18H21FN4O3S/c19-15-3-5-16(6-4-15)27(25,26)22-9-7-18(24)23-11-10-21-13-17(23)14-2-1-8-20-12-14/h1-6,8,12,17,21-22H,7,9-11,13H2. The first-order valence-electron chi connectivity index (χ1n) is 8.63. The number of halogens is 1. The number of pyridine rings is 1. The van der Waals surface area contributed by atoms with Gasteiger partial charge in [0, 0.05) is 45.0 Å². The number of hydrogen-bond donors (Lipinski definition) is 2. The first kappa shape index (κ1) is 19.4. The molecule has 0 radical (unpaired) electrons. The van der Waals surface area contributed by atoms with Crippen LogP contribution < -0.4 is 10.0 Å². The van der Waals surface area contributed by atoms with Crippen LogP contribution in [0.15, 0.2) is 53.7 Å². The van der Waals surface area contributed by atoms with Crippen molar-refractivity contribution in [1.82, 2.24) is 19.9 Å². The number of aromatic nitrogens is 1. The van der Waals surface area contributed by atoms with Gasteiger partial charge in [0.15, 0.2) is 0 Å². The van der Waals surface area contributed by atoms with Crippen molar-refractivity contribution < 1.29 is 17.6 Å². The summed E-state index contributed by atoms with van der Waals surface area (Å²) in [7, 11) is -3.78. The first-order chi connectivity index (χ1) is 13.0. The van der Waals surface area contributed by atoms with Crippen LogP contribution in [0.25, 0.3) is 0 Å². The second-order valence-electron chi connectivity index (χ2n) is 6.20. The van der Waals surface area contributed by atoms with Gasteiger partial charge >= 0.3 is 0 Å². The van der Waals surface area contributed by atoms with E-state index in [4.69, 9.17) is 0 Å². The van der Waals surface area contributed by atoms with E-state index < -0.39 is 15.8 Å². The second-order valence-corrected chi connectivity index (χ2v) is 7.96. The Kier molecular flexibility index (Phi) is 6.15. The van der Waals surface area contributed by atoms with Gasteiger partial charge in [0.05, 0.1) is 10.9 Å². The highest BCUT2D eigenvalue weighted by Gasteiger charge is 2.28. The molecule has 1 unspecified atom stereocenters. The number of carbonyl (C=O) groups is 1. The third-order valence-corrected chi connectivity index (χ3v) is 5.86. The minimum absolute atomic E-state index is 0.0256. The molecule has 0 saturated carbocycles. The number of rotatable bonds is 6. The summed E-state index contributed by atoms with van der Waals surface area (Å²) >= 11 is 0. The third kappa shape index (κ3) is 4.88. The lowest BCUT2D eigenvalue weighted by Crippen LogP contribution is -2.49. The number of hydrogen-bond acceptors (Lipinski definition) is 5. The Balaban J connectivity index is 1.60. The molecule has 7 nitrogen and oxygen atoms in total. The zero-order valence-corrected chi connectivity index (χ0v) is 15.5. The van der Waals surface area contributed by atoms with Crippen LogP contribution in [0.5, 0.6) is 0 Å². The topological polar surface area (TPSA) is 91.4 Å². The van der Waals surface area contributed by atoms with Gasteiger partial charge in [-0.15, -0.1) is 0 Å². The molecule has 1 fully saturated rings. The van der Waals surface area contributed by atoms with Gasteiger partial charge in [0.2, 0.25) is 15.9 Å². The molecule has 2 heterocycles. The number of benzene rings is 1. The van der Waals surface area contributed by atoms with Gasteiger partial charge in [-0.2, -0.15) is 0 Å². The second kappa shape index (κ2) is 8.55. The van der Waals surface area contributed by atoms with Crippen molar-refractivity contribution in [3.05, 3.63) is 60.2 Å². The molecule has 1 aliphatic rings. The minimum atomic E-state index is -3.78. The van der Waals surface area contributed by atoms with E-state index in [9.17, 15) is 17.6 Å². The van der Waals surface area contributed by atoms with Gasteiger partial charge in [-0.25, -0.2) is 17.5 Å². The van der Waals surface area contributed by atoms with Crippen LogP contribution >= 0.6 is 0 Å². The molecular weight excluding hydrogens is 371 g/mol. The van der Waals surface area contributed by atoms with E-state index in [1.807, 2.05) is 12.1 Å². The van der Waals surface area contributed by atoms with Crippen molar-refractivity contribution in [2.24, 2.45) is 0 Å². The van der Waals surface area contributed by atoms with Crippen LogP contribution in [0, 0.1) is 5.82 Å². The lowest BCUT2D eigenvalue weighted by atomic mass is 10.0. The average molecular weight is 392 g/mol. The normalized spacial score (nSPS) is 17.7. The first-order valence-corrected chi connectivity index (χ1v) is 10.1. The molecule has 0 aliphatic carbocycles. The Hall–Kier alpha value is -2.36. The van der Waals surface area contributed by atoms with Crippen molar-refractivity contribution in [3.8, 4) is 0 Å². The van der Waals surface area contributed by atoms with Gasteiger partial charge in [0.25, 0.3) is 0 Å². The molecule has 3 rings (SSSR count). The molecule has 144 valence electrons. The quantitative estimate of drug-likeness (QED) is 0.767. The molecule has 2 aromatic rings. The molecule has 1 aromatic heterocycles. The van der Waals surface area contributed by atoms with Crippen molar-refractivity contribution >= 4 is 15.9 Å². The SMILES string of the molecule is O=C(CCNS(=O)(=O)c1ccc(F)cc1)N1CCNCC1c1cccnc1. The number of amides is 1. The minimum Gasteiger partial charge on any atom is -0.333 e. The van der Waals surface area contributed by atoms with Gasteiger partial charge in [-0.05, 0) is 35.9 Å². The zero-order chi connectivity index (χ0) is 19.3. The summed E-state index contributed by atoms with van der Waals surface area (Å²) in [5, 5.41) is 3.26. The molecular formula is C18H21FN4O3S. The van der Waals surface area contributed by atoms with Crippen molar-refractivity contribution in [2.45, 2.75) is 17.4 Å². The average Bonchev–Trinajstić information content (AvgIpc) is 2.69. The Morgan fingerprint density at radius 3 is 2.78 bits per heavy atom. The van der Waals surface area contributed by atoms with E-state index in [2.05, 4.69) is 15.0 Å². The molecule has 27 heavy (non-hydrogen) atoms. The van der Waals surface area contributed by atoms with Crippen molar-refractivity contribution in [3.63, 3.8) is 0 Å². The largest absolute Gasteiger partial charge is 0.333 e. The van der Waals surface area contributed by atoms with Crippen LogP contribution in [0.1, 0.15) is 18.0 Å². The van der Waals surface area contributed by atoms with Gasteiger partial charge in [-0.1, -0.05) is 6.07 Å². The number of piperazine rings is 1. The monoisotopic (exact) mass is 392 g/mol. The van der Waals surface area contributed by atoms with E-state index in [0.717, 1.165) is 17.7 Å². The molecule has 1 saturated heterocycles. The van der Waals surface area contributed by atoms with Crippen molar-refractivity contribution in [1.29, 1.82) is 0 Å². The van der Waals surface area contributed by atoms with E-state index in [1.54, 1.807) is 17.3 Å². The predicted molar refractivity (Wildman–Crippen MR) is 97.8 cm³/mol. The maximum absolute atomic E-state index is 12.9. The highest BCUT2D eigenvalue weighted by molar-refractivity contribution is 7.89. The Labute approximate surface area is 157 Å². The third-order valence-electron chi connectivity index (χ3n) is 4.39.